The number of hydrogen-bond donors (Lipinski definition) is 3. The number of H-pyrrole nitrogens is 1. The van der Waals surface area contributed by atoms with Crippen molar-refractivity contribution in [3.05, 3.63) is 47.1 Å². The molecule has 1 aliphatic rings. The molecule has 1 amide bonds. The van der Waals surface area contributed by atoms with Gasteiger partial charge in [0.2, 0.25) is 5.91 Å². The second-order valence-electron chi connectivity index (χ2n) is 7.55. The number of halogens is 1. The standard InChI is InChI=1S/C20H20ClN7O/c21-14-4-12-6-15(7-23-16(29)3-11-1-2-11)27-17(12)13(5-14)8-28-10-26-18-19(22)24-9-25-20(18)28/h4-6,9-11,27H,1-3,7-8H2,(H,23,29)(H2,22,24,25). The number of anilines is 1. The SMILES string of the molecule is Nc1ncnc2c1ncn2Cc1cc(Cl)cc2cc(CNC(=O)CC3CC3)[nH]c12. The van der Waals surface area contributed by atoms with Crippen LogP contribution in [0, 0.1) is 5.92 Å². The predicted octanol–water partition coefficient (Wildman–Crippen LogP) is 3.01. The minimum absolute atomic E-state index is 0.103. The van der Waals surface area contributed by atoms with Crippen LogP contribution in [0.25, 0.3) is 22.1 Å². The van der Waals surface area contributed by atoms with Crippen LogP contribution in [0.5, 0.6) is 0 Å². The molecule has 9 heteroatoms. The first-order valence-corrected chi connectivity index (χ1v) is 9.92. The van der Waals surface area contributed by atoms with E-state index in [1.54, 1.807) is 6.33 Å². The number of amides is 1. The van der Waals surface area contributed by atoms with E-state index in [0.29, 0.717) is 47.4 Å². The Morgan fingerprint density at radius 1 is 1.28 bits per heavy atom. The monoisotopic (exact) mass is 409 g/mol. The van der Waals surface area contributed by atoms with Crippen molar-refractivity contribution >= 4 is 45.4 Å². The Balaban J connectivity index is 1.42. The molecular weight excluding hydrogens is 390 g/mol. The summed E-state index contributed by atoms with van der Waals surface area (Å²) in [5, 5.41) is 4.64. The Morgan fingerprint density at radius 2 is 2.14 bits per heavy atom. The number of nitrogens with zero attached hydrogens (tertiary/aromatic N) is 4. The molecule has 0 bridgehead atoms. The van der Waals surface area contributed by atoms with Crippen LogP contribution in [-0.4, -0.2) is 30.4 Å². The highest BCUT2D eigenvalue weighted by atomic mass is 35.5. The number of hydrogen-bond acceptors (Lipinski definition) is 5. The maximum atomic E-state index is 12.0. The molecule has 0 spiro atoms. The highest BCUT2D eigenvalue weighted by molar-refractivity contribution is 6.31. The summed E-state index contributed by atoms with van der Waals surface area (Å²) in [6.07, 6.45) is 6.09. The number of nitrogens with one attached hydrogen (secondary N) is 2. The van der Waals surface area contributed by atoms with Gasteiger partial charge < -0.3 is 20.6 Å². The number of fused-ring (bicyclic) bond motifs is 2. The molecule has 0 aliphatic heterocycles. The number of aromatic amines is 1. The van der Waals surface area contributed by atoms with Crippen LogP contribution in [0.1, 0.15) is 30.5 Å². The van der Waals surface area contributed by atoms with Gasteiger partial charge in [-0.15, -0.1) is 0 Å². The Bertz CT molecular complexity index is 1220. The maximum absolute atomic E-state index is 12.0. The average Bonchev–Trinajstić information content (AvgIpc) is 3.24. The van der Waals surface area contributed by atoms with Gasteiger partial charge >= 0.3 is 0 Å². The van der Waals surface area contributed by atoms with E-state index in [1.165, 1.54) is 19.2 Å². The summed E-state index contributed by atoms with van der Waals surface area (Å²) >= 11 is 6.35. The first-order chi connectivity index (χ1) is 14.1. The Labute approximate surface area is 171 Å². The summed E-state index contributed by atoms with van der Waals surface area (Å²) in [6, 6.07) is 5.86. The van der Waals surface area contributed by atoms with E-state index in [9.17, 15) is 4.79 Å². The third-order valence-corrected chi connectivity index (χ3v) is 5.47. The quantitative estimate of drug-likeness (QED) is 0.453. The van der Waals surface area contributed by atoms with Crippen molar-refractivity contribution < 1.29 is 4.79 Å². The molecule has 0 atom stereocenters. The topological polar surface area (TPSA) is 115 Å². The molecule has 148 valence electrons. The molecule has 29 heavy (non-hydrogen) atoms. The minimum Gasteiger partial charge on any atom is -0.382 e. The first-order valence-electron chi connectivity index (χ1n) is 9.55. The molecule has 8 nitrogen and oxygen atoms in total. The second kappa shape index (κ2) is 7.04. The largest absolute Gasteiger partial charge is 0.382 e. The van der Waals surface area contributed by atoms with Crippen LogP contribution in [0.4, 0.5) is 5.82 Å². The molecule has 4 N–H and O–H groups in total. The number of carbonyl (C=O) groups excluding carboxylic acids is 1. The predicted molar refractivity (Wildman–Crippen MR) is 111 cm³/mol. The van der Waals surface area contributed by atoms with Gasteiger partial charge in [0.1, 0.15) is 11.8 Å². The second-order valence-corrected chi connectivity index (χ2v) is 7.99. The first kappa shape index (κ1) is 17.9. The van der Waals surface area contributed by atoms with Gasteiger partial charge in [-0.1, -0.05) is 11.6 Å². The van der Waals surface area contributed by atoms with E-state index < -0.39 is 0 Å². The van der Waals surface area contributed by atoms with Crippen molar-refractivity contribution in [2.24, 2.45) is 5.92 Å². The lowest BCUT2D eigenvalue weighted by atomic mass is 10.1. The lowest BCUT2D eigenvalue weighted by molar-refractivity contribution is -0.121. The van der Waals surface area contributed by atoms with Crippen molar-refractivity contribution in [2.45, 2.75) is 32.4 Å². The zero-order chi connectivity index (χ0) is 20.0. The van der Waals surface area contributed by atoms with E-state index >= 15 is 0 Å². The number of nitrogens with two attached hydrogens (primary N) is 1. The Morgan fingerprint density at radius 3 is 2.97 bits per heavy atom. The van der Waals surface area contributed by atoms with Crippen LogP contribution in [0.2, 0.25) is 5.02 Å². The molecular formula is C20H20ClN7O. The van der Waals surface area contributed by atoms with Crippen LogP contribution in [0.3, 0.4) is 0 Å². The lowest BCUT2D eigenvalue weighted by Gasteiger charge is -2.07. The number of aromatic nitrogens is 5. The van der Waals surface area contributed by atoms with E-state index in [2.05, 4.69) is 25.3 Å². The number of benzene rings is 1. The molecule has 0 unspecified atom stereocenters. The fourth-order valence-corrected chi connectivity index (χ4v) is 3.85. The third-order valence-electron chi connectivity index (χ3n) is 5.25. The van der Waals surface area contributed by atoms with Gasteiger partial charge in [0, 0.05) is 22.5 Å². The zero-order valence-corrected chi connectivity index (χ0v) is 16.4. The van der Waals surface area contributed by atoms with Gasteiger partial charge in [0.25, 0.3) is 0 Å². The van der Waals surface area contributed by atoms with Crippen molar-refractivity contribution in [1.29, 1.82) is 0 Å². The number of rotatable bonds is 6. The highest BCUT2D eigenvalue weighted by Gasteiger charge is 2.24. The third kappa shape index (κ3) is 3.63. The van der Waals surface area contributed by atoms with Gasteiger partial charge in [0.15, 0.2) is 11.5 Å². The Hall–Kier alpha value is -3.13. The summed E-state index contributed by atoms with van der Waals surface area (Å²) < 4.78 is 1.91. The van der Waals surface area contributed by atoms with Gasteiger partial charge in [-0.25, -0.2) is 15.0 Å². The summed E-state index contributed by atoms with van der Waals surface area (Å²) in [5.74, 6) is 1.03. The molecule has 1 saturated carbocycles. The smallest absolute Gasteiger partial charge is 0.220 e. The number of imidazole rings is 1. The molecule has 3 aromatic heterocycles. The molecule has 4 aromatic rings. The normalized spacial score (nSPS) is 14.0. The lowest BCUT2D eigenvalue weighted by Crippen LogP contribution is -2.23. The molecule has 5 rings (SSSR count). The molecule has 1 aliphatic carbocycles. The van der Waals surface area contributed by atoms with Gasteiger partial charge in [-0.2, -0.15) is 0 Å². The summed E-state index contributed by atoms with van der Waals surface area (Å²) in [4.78, 5) is 28.0. The van der Waals surface area contributed by atoms with Gasteiger partial charge in [-0.05, 0) is 42.5 Å². The summed E-state index contributed by atoms with van der Waals surface area (Å²) in [6.45, 7) is 0.993. The number of nitrogen functional groups attached to an aromatic ring is 1. The number of carbonyl (C=O) groups is 1. The van der Waals surface area contributed by atoms with Crippen molar-refractivity contribution in [1.82, 2.24) is 29.8 Å². The molecule has 1 aromatic carbocycles. The van der Waals surface area contributed by atoms with Crippen LogP contribution >= 0.6 is 11.6 Å². The highest BCUT2D eigenvalue weighted by Crippen LogP contribution is 2.32. The molecule has 3 heterocycles. The van der Waals surface area contributed by atoms with Crippen LogP contribution < -0.4 is 11.1 Å². The van der Waals surface area contributed by atoms with Crippen LogP contribution in [0.15, 0.2) is 30.9 Å². The van der Waals surface area contributed by atoms with Crippen molar-refractivity contribution in [3.63, 3.8) is 0 Å². The summed E-state index contributed by atoms with van der Waals surface area (Å²) in [7, 11) is 0. The van der Waals surface area contributed by atoms with E-state index in [1.807, 2.05) is 22.8 Å². The van der Waals surface area contributed by atoms with E-state index in [0.717, 1.165) is 22.2 Å². The molecule has 0 saturated heterocycles. The van der Waals surface area contributed by atoms with Crippen molar-refractivity contribution in [2.75, 3.05) is 5.73 Å². The summed E-state index contributed by atoms with van der Waals surface area (Å²) in [5.41, 5.74) is 10.1. The fraction of sp³-hybridized carbons (Fsp3) is 0.300. The average molecular weight is 410 g/mol. The molecule has 0 radical (unpaired) electrons. The fourth-order valence-electron chi connectivity index (χ4n) is 3.61. The van der Waals surface area contributed by atoms with Gasteiger partial charge in [0.05, 0.1) is 24.9 Å². The molecule has 1 fully saturated rings. The van der Waals surface area contributed by atoms with E-state index in [-0.39, 0.29) is 5.91 Å². The zero-order valence-electron chi connectivity index (χ0n) is 15.7. The van der Waals surface area contributed by atoms with Crippen molar-refractivity contribution in [3.8, 4) is 0 Å². The van der Waals surface area contributed by atoms with Crippen LogP contribution in [-0.2, 0) is 17.9 Å². The minimum atomic E-state index is 0.103. The van der Waals surface area contributed by atoms with E-state index in [4.69, 9.17) is 17.3 Å². The Kier molecular flexibility index (Phi) is 4.35. The van der Waals surface area contributed by atoms with Gasteiger partial charge in [-0.3, -0.25) is 4.79 Å². The maximum Gasteiger partial charge on any atom is 0.220 e.